The number of halogens is 4. The summed E-state index contributed by atoms with van der Waals surface area (Å²) in [5, 5.41) is 0. The SMILES string of the molecule is CCNS(=O)(=O)c1ccc(Br)cc1OC(F)(F)F. The Kier molecular flexibility index (Phi) is 4.62. The van der Waals surface area contributed by atoms with Gasteiger partial charge in [-0.25, -0.2) is 13.1 Å². The summed E-state index contributed by atoms with van der Waals surface area (Å²) < 4.78 is 65.9. The Morgan fingerprint density at radius 2 is 2.00 bits per heavy atom. The first-order chi connectivity index (χ1) is 8.15. The molecule has 0 unspecified atom stereocenters. The highest BCUT2D eigenvalue weighted by atomic mass is 79.9. The first kappa shape index (κ1) is 15.3. The molecule has 1 rings (SSSR count). The predicted molar refractivity (Wildman–Crippen MR) is 61.7 cm³/mol. The molecule has 102 valence electrons. The summed E-state index contributed by atoms with van der Waals surface area (Å²) >= 11 is 2.95. The zero-order valence-corrected chi connectivity index (χ0v) is 11.5. The molecule has 0 saturated heterocycles. The summed E-state index contributed by atoms with van der Waals surface area (Å²) in [5.41, 5.74) is 0. The molecule has 0 saturated carbocycles. The van der Waals surface area contributed by atoms with Gasteiger partial charge in [-0.05, 0) is 18.2 Å². The number of benzene rings is 1. The van der Waals surface area contributed by atoms with Gasteiger partial charge in [0.1, 0.15) is 4.90 Å². The highest BCUT2D eigenvalue weighted by Crippen LogP contribution is 2.32. The minimum atomic E-state index is -4.96. The van der Waals surface area contributed by atoms with Crippen molar-refractivity contribution in [2.75, 3.05) is 6.54 Å². The van der Waals surface area contributed by atoms with Gasteiger partial charge in [0.15, 0.2) is 5.75 Å². The molecule has 4 nitrogen and oxygen atoms in total. The van der Waals surface area contributed by atoms with Crippen molar-refractivity contribution in [3.63, 3.8) is 0 Å². The molecule has 9 heteroatoms. The second-order valence-electron chi connectivity index (χ2n) is 3.14. The lowest BCUT2D eigenvalue weighted by molar-refractivity contribution is -0.275. The quantitative estimate of drug-likeness (QED) is 0.910. The van der Waals surface area contributed by atoms with Crippen LogP contribution in [0.15, 0.2) is 27.6 Å². The summed E-state index contributed by atoms with van der Waals surface area (Å²) in [6.07, 6.45) is -4.96. The van der Waals surface area contributed by atoms with E-state index in [1.807, 2.05) is 0 Å². The van der Waals surface area contributed by atoms with Crippen LogP contribution in [0.2, 0.25) is 0 Å². The van der Waals surface area contributed by atoms with E-state index in [0.29, 0.717) is 0 Å². The lowest BCUT2D eigenvalue weighted by Crippen LogP contribution is -2.25. The van der Waals surface area contributed by atoms with E-state index in [2.05, 4.69) is 25.4 Å². The summed E-state index contributed by atoms with van der Waals surface area (Å²) in [4.78, 5) is -0.565. The number of hydrogen-bond donors (Lipinski definition) is 1. The first-order valence-electron chi connectivity index (χ1n) is 4.70. The van der Waals surface area contributed by atoms with E-state index in [4.69, 9.17) is 0 Å². The number of alkyl halides is 3. The minimum absolute atomic E-state index is 0.0594. The Labute approximate surface area is 110 Å². The molecular weight excluding hydrogens is 339 g/mol. The third-order valence-corrected chi connectivity index (χ3v) is 3.83. The third-order valence-electron chi connectivity index (χ3n) is 1.76. The molecule has 0 aliphatic heterocycles. The lowest BCUT2D eigenvalue weighted by Gasteiger charge is -2.13. The minimum Gasteiger partial charge on any atom is -0.404 e. The van der Waals surface area contributed by atoms with Crippen LogP contribution in [0.5, 0.6) is 5.75 Å². The molecule has 18 heavy (non-hydrogen) atoms. The molecule has 1 aromatic rings. The van der Waals surface area contributed by atoms with Gasteiger partial charge in [0.05, 0.1) is 0 Å². The van der Waals surface area contributed by atoms with Crippen LogP contribution in [0.1, 0.15) is 6.92 Å². The normalized spacial score (nSPS) is 12.5. The molecule has 1 N–H and O–H groups in total. The fourth-order valence-corrected chi connectivity index (χ4v) is 2.66. The van der Waals surface area contributed by atoms with E-state index in [0.717, 1.165) is 12.1 Å². The van der Waals surface area contributed by atoms with Gasteiger partial charge in [-0.2, -0.15) is 0 Å². The van der Waals surface area contributed by atoms with Crippen molar-refractivity contribution < 1.29 is 26.3 Å². The fourth-order valence-electron chi connectivity index (χ4n) is 1.18. The average molecular weight is 348 g/mol. The molecule has 1 aromatic carbocycles. The van der Waals surface area contributed by atoms with Crippen LogP contribution in [0.25, 0.3) is 0 Å². The van der Waals surface area contributed by atoms with E-state index in [-0.39, 0.29) is 11.0 Å². The summed E-state index contributed by atoms with van der Waals surface area (Å²) in [5.74, 6) is -0.780. The fraction of sp³-hybridized carbons (Fsp3) is 0.333. The van der Waals surface area contributed by atoms with Gasteiger partial charge < -0.3 is 4.74 Å². The largest absolute Gasteiger partial charge is 0.573 e. The van der Waals surface area contributed by atoms with Crippen molar-refractivity contribution in [2.45, 2.75) is 18.2 Å². The third kappa shape index (κ3) is 4.14. The second-order valence-corrected chi connectivity index (χ2v) is 5.79. The van der Waals surface area contributed by atoms with E-state index in [9.17, 15) is 21.6 Å². The van der Waals surface area contributed by atoms with Gasteiger partial charge in [0, 0.05) is 11.0 Å². The van der Waals surface area contributed by atoms with Crippen LogP contribution in [-0.4, -0.2) is 21.3 Å². The summed E-state index contributed by atoms with van der Waals surface area (Å²) in [7, 11) is -4.03. The Bertz CT molecular complexity index is 530. The molecule has 0 radical (unpaired) electrons. The Balaban J connectivity index is 3.28. The molecule has 0 bridgehead atoms. The number of hydrogen-bond acceptors (Lipinski definition) is 3. The van der Waals surface area contributed by atoms with Crippen molar-refractivity contribution in [3.8, 4) is 5.75 Å². The second kappa shape index (κ2) is 5.45. The van der Waals surface area contributed by atoms with Gasteiger partial charge in [-0.3, -0.25) is 0 Å². The van der Waals surface area contributed by atoms with Crippen LogP contribution in [-0.2, 0) is 10.0 Å². The molecule has 0 aromatic heterocycles. The van der Waals surface area contributed by atoms with E-state index in [1.54, 1.807) is 0 Å². The van der Waals surface area contributed by atoms with Gasteiger partial charge in [-0.1, -0.05) is 22.9 Å². The van der Waals surface area contributed by atoms with E-state index in [1.165, 1.54) is 13.0 Å². The van der Waals surface area contributed by atoms with Crippen LogP contribution in [0.4, 0.5) is 13.2 Å². The number of sulfonamides is 1. The van der Waals surface area contributed by atoms with Crippen molar-refractivity contribution in [1.29, 1.82) is 0 Å². The average Bonchev–Trinajstić information content (AvgIpc) is 2.13. The predicted octanol–water partition coefficient (Wildman–Crippen LogP) is 2.65. The van der Waals surface area contributed by atoms with Crippen molar-refractivity contribution >= 4 is 26.0 Å². The zero-order valence-electron chi connectivity index (χ0n) is 9.08. The summed E-state index contributed by atoms with van der Waals surface area (Å²) in [6.45, 7) is 1.57. The zero-order chi connectivity index (χ0) is 14.0. The lowest BCUT2D eigenvalue weighted by atomic mass is 10.3. The molecule has 0 heterocycles. The molecule has 0 amide bonds. The molecule has 0 fully saturated rings. The highest BCUT2D eigenvalue weighted by Gasteiger charge is 2.34. The maximum atomic E-state index is 12.2. The Morgan fingerprint density at radius 3 is 2.50 bits per heavy atom. The van der Waals surface area contributed by atoms with Gasteiger partial charge in [-0.15, -0.1) is 13.2 Å². The number of nitrogens with one attached hydrogen (secondary N) is 1. The molecule has 0 aliphatic carbocycles. The first-order valence-corrected chi connectivity index (χ1v) is 6.98. The standard InChI is InChI=1S/C9H9BrF3NO3S/c1-2-14-18(15,16)8-4-3-6(10)5-7(8)17-9(11,12)13/h3-5,14H,2H2,1H3. The van der Waals surface area contributed by atoms with E-state index < -0.39 is 27.0 Å². The highest BCUT2D eigenvalue weighted by molar-refractivity contribution is 9.10. The monoisotopic (exact) mass is 347 g/mol. The molecule has 0 aliphatic rings. The number of rotatable bonds is 4. The molecule has 0 atom stereocenters. The molecule has 0 spiro atoms. The Morgan fingerprint density at radius 1 is 1.39 bits per heavy atom. The van der Waals surface area contributed by atoms with Gasteiger partial charge >= 0.3 is 6.36 Å². The van der Waals surface area contributed by atoms with Crippen molar-refractivity contribution in [1.82, 2.24) is 4.72 Å². The van der Waals surface area contributed by atoms with Crippen molar-refractivity contribution in [3.05, 3.63) is 22.7 Å². The van der Waals surface area contributed by atoms with Crippen LogP contribution in [0, 0.1) is 0 Å². The van der Waals surface area contributed by atoms with Gasteiger partial charge in [0.25, 0.3) is 0 Å². The maximum Gasteiger partial charge on any atom is 0.573 e. The van der Waals surface area contributed by atoms with Crippen LogP contribution in [0.3, 0.4) is 0 Å². The molecular formula is C9H9BrF3NO3S. The summed E-state index contributed by atoms with van der Waals surface area (Å²) in [6, 6.07) is 3.29. The van der Waals surface area contributed by atoms with Crippen molar-refractivity contribution in [2.24, 2.45) is 0 Å². The van der Waals surface area contributed by atoms with Crippen LogP contribution < -0.4 is 9.46 Å². The smallest absolute Gasteiger partial charge is 0.404 e. The van der Waals surface area contributed by atoms with Gasteiger partial charge in [0.2, 0.25) is 10.0 Å². The maximum absolute atomic E-state index is 12.2. The van der Waals surface area contributed by atoms with E-state index >= 15 is 0 Å². The number of ether oxygens (including phenoxy) is 1. The Hall–Kier alpha value is -0.800. The van der Waals surface area contributed by atoms with Crippen LogP contribution >= 0.6 is 15.9 Å². The topological polar surface area (TPSA) is 55.4 Å².